The summed E-state index contributed by atoms with van der Waals surface area (Å²) in [6, 6.07) is 31.9. The molecule has 0 aliphatic heterocycles. The Balaban J connectivity index is 0.000000222. The molecule has 0 heterocycles. The van der Waals surface area contributed by atoms with Crippen molar-refractivity contribution in [3.05, 3.63) is 120 Å². The number of benzene rings is 4. The number of halogens is 1. The monoisotopic (exact) mass is 466 g/mol. The first kappa shape index (κ1) is 23.7. The van der Waals surface area contributed by atoms with Crippen LogP contribution in [0.3, 0.4) is 0 Å². The lowest BCUT2D eigenvalue weighted by Crippen LogP contribution is -2.08. The van der Waals surface area contributed by atoms with Crippen LogP contribution in [-0.4, -0.2) is 13.0 Å². The van der Waals surface area contributed by atoms with Gasteiger partial charge in [0.2, 0.25) is 0 Å². The van der Waals surface area contributed by atoms with Crippen LogP contribution in [0.25, 0.3) is 0 Å². The van der Waals surface area contributed by atoms with Crippen molar-refractivity contribution < 1.29 is 17.4 Å². The molecule has 0 atom stereocenters. The third-order valence-electron chi connectivity index (χ3n) is 4.67. The molecule has 6 heteroatoms. The lowest BCUT2D eigenvalue weighted by atomic mass is 10.2. The largest absolute Gasteiger partial charge is 0.744 e. The second-order valence-corrected chi connectivity index (χ2v) is 10.4. The van der Waals surface area contributed by atoms with Crippen molar-refractivity contribution in [2.45, 2.75) is 33.4 Å². The molecule has 0 spiro atoms. The van der Waals surface area contributed by atoms with E-state index in [4.69, 9.17) is 0 Å². The number of hydrogen-bond acceptors (Lipinski definition) is 3. The van der Waals surface area contributed by atoms with Gasteiger partial charge in [0.25, 0.3) is 0 Å². The summed E-state index contributed by atoms with van der Waals surface area (Å²) in [5.74, 6) is -0.572. The maximum Gasteiger partial charge on any atom is 0.172 e. The second kappa shape index (κ2) is 10.6. The van der Waals surface area contributed by atoms with E-state index < -0.39 is 20.8 Å². The fourth-order valence-corrected chi connectivity index (χ4v) is 6.06. The zero-order chi connectivity index (χ0) is 23.1. The minimum atomic E-state index is -4.44. The Bertz CT molecular complexity index is 1200. The van der Waals surface area contributed by atoms with Gasteiger partial charge in [0, 0.05) is 11.1 Å². The van der Waals surface area contributed by atoms with Crippen LogP contribution in [0.15, 0.2) is 123 Å². The first-order valence-electron chi connectivity index (χ1n) is 9.89. The van der Waals surface area contributed by atoms with E-state index in [0.29, 0.717) is 0 Å². The quantitative estimate of drug-likeness (QED) is 0.269. The molecule has 4 aromatic carbocycles. The summed E-state index contributed by atoms with van der Waals surface area (Å²) in [6.07, 6.45) is 0. The van der Waals surface area contributed by atoms with Crippen molar-refractivity contribution in [1.29, 1.82) is 0 Å². The van der Waals surface area contributed by atoms with E-state index in [-0.39, 0.29) is 10.9 Å². The lowest BCUT2D eigenvalue weighted by Gasteiger charge is -2.12. The van der Waals surface area contributed by atoms with Crippen molar-refractivity contribution in [3.63, 3.8) is 0 Å². The van der Waals surface area contributed by atoms with Crippen molar-refractivity contribution in [2.24, 2.45) is 0 Å². The molecule has 32 heavy (non-hydrogen) atoms. The molecule has 0 N–H and O–H groups in total. The fourth-order valence-electron chi connectivity index (χ4n) is 3.21. The molecule has 0 saturated heterocycles. The van der Waals surface area contributed by atoms with Gasteiger partial charge in [-0.05, 0) is 62.4 Å². The van der Waals surface area contributed by atoms with Crippen LogP contribution in [0.4, 0.5) is 4.39 Å². The Morgan fingerprint density at radius 3 is 1.50 bits per heavy atom. The summed E-state index contributed by atoms with van der Waals surface area (Å²) in [5, 5.41) is 0. The Kier molecular flexibility index (Phi) is 7.85. The van der Waals surface area contributed by atoms with Crippen LogP contribution in [0.5, 0.6) is 0 Å². The van der Waals surface area contributed by atoms with Crippen molar-refractivity contribution in [3.8, 4) is 0 Å². The number of aryl methyl sites for hydroxylation is 2. The standard InChI is InChI=1S/C20H19S.C6H5FO3S/c1-16-10-9-11-17(2)20(16)21(18-12-5-3-6-13-18)19-14-7-4-8-15-19;7-5-1-3-6(4-2-5)11(8,9)10/h3-15H,1-2H3;1-4H,(H,8,9,10)/q+1;/p-1. The molecule has 0 aliphatic carbocycles. The third-order valence-corrected chi connectivity index (χ3v) is 8.06. The molecular weight excluding hydrogens is 443 g/mol. The van der Waals surface area contributed by atoms with E-state index in [0.717, 1.165) is 24.3 Å². The Morgan fingerprint density at radius 1 is 0.656 bits per heavy atom. The summed E-state index contributed by atoms with van der Waals surface area (Å²) < 4.78 is 43.0. The molecule has 0 saturated carbocycles. The van der Waals surface area contributed by atoms with Gasteiger partial charge in [-0.2, -0.15) is 0 Å². The summed E-state index contributed by atoms with van der Waals surface area (Å²) in [4.78, 5) is 3.79. The molecule has 0 aromatic heterocycles. The van der Waals surface area contributed by atoms with Crippen LogP contribution in [0, 0.1) is 19.7 Å². The van der Waals surface area contributed by atoms with E-state index in [9.17, 15) is 17.4 Å². The van der Waals surface area contributed by atoms with E-state index in [1.165, 1.54) is 25.8 Å². The van der Waals surface area contributed by atoms with E-state index in [1.54, 1.807) is 0 Å². The number of rotatable bonds is 4. The highest BCUT2D eigenvalue weighted by Gasteiger charge is 2.31. The highest BCUT2D eigenvalue weighted by Crippen LogP contribution is 2.34. The van der Waals surface area contributed by atoms with Crippen LogP contribution in [0.1, 0.15) is 11.1 Å². The van der Waals surface area contributed by atoms with Crippen LogP contribution in [0.2, 0.25) is 0 Å². The Labute approximate surface area is 191 Å². The summed E-state index contributed by atoms with van der Waals surface area (Å²) in [7, 11) is -4.47. The van der Waals surface area contributed by atoms with Crippen molar-refractivity contribution in [1.82, 2.24) is 0 Å². The van der Waals surface area contributed by atoms with Gasteiger partial charge >= 0.3 is 0 Å². The molecule has 0 fully saturated rings. The molecule has 4 rings (SSSR count). The first-order valence-corrected chi connectivity index (χ1v) is 12.5. The van der Waals surface area contributed by atoms with Crippen LogP contribution >= 0.6 is 0 Å². The Morgan fingerprint density at radius 2 is 1.09 bits per heavy atom. The second-order valence-electron chi connectivity index (χ2n) is 7.06. The van der Waals surface area contributed by atoms with E-state index in [2.05, 4.69) is 92.7 Å². The third kappa shape index (κ3) is 6.07. The maximum atomic E-state index is 12.2. The SMILES string of the molecule is Cc1cccc(C)c1[S+](c1ccccc1)c1ccccc1.O=S(=O)([O-])c1ccc(F)cc1. The lowest BCUT2D eigenvalue weighted by molar-refractivity contribution is 0.463. The molecule has 0 bridgehead atoms. The van der Waals surface area contributed by atoms with Gasteiger partial charge in [-0.1, -0.05) is 54.6 Å². The van der Waals surface area contributed by atoms with Crippen molar-refractivity contribution >= 4 is 21.0 Å². The van der Waals surface area contributed by atoms with Gasteiger partial charge in [0.1, 0.15) is 15.9 Å². The molecule has 164 valence electrons. The smallest absolute Gasteiger partial charge is 0.172 e. The molecule has 0 unspecified atom stereocenters. The van der Waals surface area contributed by atoms with Gasteiger partial charge in [0.05, 0.1) is 15.8 Å². The minimum Gasteiger partial charge on any atom is -0.744 e. The van der Waals surface area contributed by atoms with Crippen molar-refractivity contribution in [2.75, 3.05) is 0 Å². The Hall–Kier alpha value is -2.93. The highest BCUT2D eigenvalue weighted by molar-refractivity contribution is 7.97. The van der Waals surface area contributed by atoms with Gasteiger partial charge in [-0.25, -0.2) is 12.8 Å². The summed E-state index contributed by atoms with van der Waals surface area (Å²) in [6.45, 7) is 4.43. The fraction of sp³-hybridized carbons (Fsp3) is 0.0769. The summed E-state index contributed by atoms with van der Waals surface area (Å²) in [5.41, 5.74) is 2.73. The molecule has 4 aromatic rings. The summed E-state index contributed by atoms with van der Waals surface area (Å²) >= 11 is 0. The topological polar surface area (TPSA) is 57.2 Å². The zero-order valence-electron chi connectivity index (χ0n) is 17.7. The molecule has 0 aliphatic rings. The van der Waals surface area contributed by atoms with Gasteiger partial charge < -0.3 is 4.55 Å². The van der Waals surface area contributed by atoms with Gasteiger partial charge in [0.15, 0.2) is 14.7 Å². The molecule has 0 amide bonds. The molecule has 0 radical (unpaired) electrons. The normalized spacial score (nSPS) is 11.0. The minimum absolute atomic E-state index is 0.0378. The average molecular weight is 467 g/mol. The van der Waals surface area contributed by atoms with E-state index in [1.807, 2.05) is 0 Å². The molecule has 3 nitrogen and oxygen atoms in total. The molecular formula is C26H23FO3S2. The number of hydrogen-bond donors (Lipinski definition) is 0. The predicted molar refractivity (Wildman–Crippen MR) is 125 cm³/mol. The average Bonchev–Trinajstić information content (AvgIpc) is 2.78. The van der Waals surface area contributed by atoms with Crippen LogP contribution in [-0.2, 0) is 21.0 Å². The van der Waals surface area contributed by atoms with Crippen LogP contribution < -0.4 is 0 Å². The van der Waals surface area contributed by atoms with E-state index >= 15 is 0 Å². The first-order chi connectivity index (χ1) is 15.3. The zero-order valence-corrected chi connectivity index (χ0v) is 19.4. The maximum absolute atomic E-state index is 12.2. The van der Waals surface area contributed by atoms with Gasteiger partial charge in [-0.3, -0.25) is 0 Å². The predicted octanol–water partition coefficient (Wildman–Crippen LogP) is 6.13. The van der Waals surface area contributed by atoms with Gasteiger partial charge in [-0.15, -0.1) is 0 Å². The highest BCUT2D eigenvalue weighted by atomic mass is 32.2.